The highest BCUT2D eigenvalue weighted by molar-refractivity contribution is 5.90. The summed E-state index contributed by atoms with van der Waals surface area (Å²) in [6, 6.07) is 5.90. The molecule has 4 aromatic rings. The van der Waals surface area contributed by atoms with E-state index in [2.05, 4.69) is 61.1 Å². The maximum absolute atomic E-state index is 4.67. The van der Waals surface area contributed by atoms with Crippen LogP contribution in [0.2, 0.25) is 0 Å². The molecule has 156 valence electrons. The number of allylic oxidation sites excluding steroid dienone is 2. The van der Waals surface area contributed by atoms with Crippen molar-refractivity contribution in [1.29, 1.82) is 0 Å². The second kappa shape index (κ2) is 8.28. The zero-order valence-corrected chi connectivity index (χ0v) is 17.5. The van der Waals surface area contributed by atoms with Gasteiger partial charge in [-0.1, -0.05) is 24.3 Å². The average molecular weight is 412 g/mol. The number of pyridine rings is 2. The predicted molar refractivity (Wildman–Crippen MR) is 123 cm³/mol. The number of nitrogens with zero attached hydrogens (tertiary/aromatic N) is 4. The molecule has 1 saturated heterocycles. The smallest absolute Gasteiger partial charge is 0.178 e. The summed E-state index contributed by atoms with van der Waals surface area (Å²) in [5.74, 6) is 1.29. The van der Waals surface area contributed by atoms with Crippen LogP contribution in [0.25, 0.3) is 46.5 Å². The lowest BCUT2D eigenvalue weighted by Crippen LogP contribution is -2.28. The molecule has 0 saturated carbocycles. The average Bonchev–Trinajstić information content (AvgIpc) is 3.41. The maximum Gasteiger partial charge on any atom is 0.178 e. The van der Waals surface area contributed by atoms with Crippen LogP contribution in [0, 0.1) is 5.92 Å². The van der Waals surface area contributed by atoms with Crippen LogP contribution in [-0.4, -0.2) is 43.2 Å². The van der Waals surface area contributed by atoms with Crippen molar-refractivity contribution in [2.45, 2.75) is 19.8 Å². The molecule has 0 unspecified atom stereocenters. The van der Waals surface area contributed by atoms with Crippen molar-refractivity contribution < 1.29 is 0 Å². The van der Waals surface area contributed by atoms with Gasteiger partial charge in [-0.25, -0.2) is 9.97 Å². The van der Waals surface area contributed by atoms with Gasteiger partial charge in [-0.05, 0) is 57.0 Å². The topological polar surface area (TPSA) is 95.2 Å². The third kappa shape index (κ3) is 3.80. The largest absolute Gasteiger partial charge is 0.335 e. The van der Waals surface area contributed by atoms with Gasteiger partial charge in [0.1, 0.15) is 5.69 Å². The Bertz CT molecular complexity index is 1340. The van der Waals surface area contributed by atoms with Gasteiger partial charge in [0.25, 0.3) is 0 Å². The highest BCUT2D eigenvalue weighted by atomic mass is 15.1. The molecule has 0 bridgehead atoms. The molecule has 0 atom stereocenters. The van der Waals surface area contributed by atoms with Crippen molar-refractivity contribution in [2.75, 3.05) is 13.1 Å². The molecule has 5 rings (SSSR count). The summed E-state index contributed by atoms with van der Waals surface area (Å²) in [5.41, 5.74) is 5.62. The van der Waals surface area contributed by atoms with Crippen molar-refractivity contribution in [3.63, 3.8) is 0 Å². The van der Waals surface area contributed by atoms with E-state index >= 15 is 0 Å². The molecule has 7 heteroatoms. The molecule has 0 aliphatic carbocycles. The zero-order valence-electron chi connectivity index (χ0n) is 17.5. The van der Waals surface area contributed by atoms with Crippen LogP contribution in [0.5, 0.6) is 0 Å². The molecule has 0 spiro atoms. The summed E-state index contributed by atoms with van der Waals surface area (Å²) >= 11 is 0. The number of rotatable bonds is 4. The molecule has 0 aromatic carbocycles. The first-order chi connectivity index (χ1) is 15.2. The van der Waals surface area contributed by atoms with E-state index in [9.17, 15) is 0 Å². The summed E-state index contributed by atoms with van der Waals surface area (Å²) < 4.78 is 0. The first kappa shape index (κ1) is 19.4. The van der Waals surface area contributed by atoms with E-state index in [0.29, 0.717) is 23.1 Å². The number of nitrogens with one attached hydrogen (secondary N) is 3. The number of hydrogen-bond acceptors (Lipinski definition) is 5. The molecule has 4 aromatic heterocycles. The Kier molecular flexibility index (Phi) is 5.18. The second-order valence-electron chi connectivity index (χ2n) is 7.95. The lowest BCUT2D eigenvalue weighted by Gasteiger charge is -2.23. The van der Waals surface area contributed by atoms with Crippen LogP contribution in [0.1, 0.15) is 19.8 Å². The van der Waals surface area contributed by atoms with Crippen molar-refractivity contribution in [3.05, 3.63) is 59.0 Å². The SMILES string of the molecule is C=c1c(-c2nc3nccc(-c4cccnc4)c3[nH]2)n[nH]/c1=C/C=C(\C)C1CCNCC1. The van der Waals surface area contributed by atoms with E-state index in [4.69, 9.17) is 0 Å². The van der Waals surface area contributed by atoms with E-state index in [-0.39, 0.29) is 0 Å². The van der Waals surface area contributed by atoms with E-state index in [0.717, 1.165) is 40.3 Å². The number of aromatic amines is 2. The quantitative estimate of drug-likeness (QED) is 0.480. The van der Waals surface area contributed by atoms with E-state index in [1.807, 2.05) is 24.4 Å². The fraction of sp³-hybridized carbons (Fsp3) is 0.250. The van der Waals surface area contributed by atoms with Crippen LogP contribution in [0.15, 0.2) is 48.4 Å². The van der Waals surface area contributed by atoms with Crippen molar-refractivity contribution >= 4 is 23.8 Å². The summed E-state index contributed by atoms with van der Waals surface area (Å²) in [4.78, 5) is 16.7. The van der Waals surface area contributed by atoms with Gasteiger partial charge in [0, 0.05) is 34.9 Å². The zero-order chi connectivity index (χ0) is 21.2. The number of hydrogen-bond donors (Lipinski definition) is 3. The molecule has 7 nitrogen and oxygen atoms in total. The first-order valence-electron chi connectivity index (χ1n) is 10.6. The molecule has 0 radical (unpaired) electrons. The van der Waals surface area contributed by atoms with Gasteiger partial charge in [0.2, 0.25) is 0 Å². The van der Waals surface area contributed by atoms with Gasteiger partial charge in [-0.2, -0.15) is 5.10 Å². The van der Waals surface area contributed by atoms with Gasteiger partial charge in [0.15, 0.2) is 11.5 Å². The number of aromatic nitrogens is 6. The van der Waals surface area contributed by atoms with Crippen molar-refractivity contribution in [2.24, 2.45) is 5.92 Å². The number of piperidine rings is 1. The molecule has 5 heterocycles. The third-order valence-corrected chi connectivity index (χ3v) is 5.98. The summed E-state index contributed by atoms with van der Waals surface area (Å²) in [6.07, 6.45) is 12.0. The van der Waals surface area contributed by atoms with Crippen LogP contribution >= 0.6 is 0 Å². The third-order valence-electron chi connectivity index (χ3n) is 5.98. The lowest BCUT2D eigenvalue weighted by molar-refractivity contribution is 0.420. The summed E-state index contributed by atoms with van der Waals surface area (Å²) in [7, 11) is 0. The Hall–Kier alpha value is -3.58. The van der Waals surface area contributed by atoms with Gasteiger partial charge in [-0.3, -0.25) is 10.1 Å². The minimum absolute atomic E-state index is 0.639. The van der Waals surface area contributed by atoms with Crippen LogP contribution < -0.4 is 15.9 Å². The van der Waals surface area contributed by atoms with Gasteiger partial charge >= 0.3 is 0 Å². The number of imidazole rings is 1. The van der Waals surface area contributed by atoms with Crippen LogP contribution in [0.4, 0.5) is 0 Å². The fourth-order valence-corrected chi connectivity index (χ4v) is 4.13. The molecular formula is C24H25N7. The lowest BCUT2D eigenvalue weighted by atomic mass is 9.91. The molecule has 1 fully saturated rings. The first-order valence-corrected chi connectivity index (χ1v) is 10.6. The minimum atomic E-state index is 0.639. The highest BCUT2D eigenvalue weighted by Crippen LogP contribution is 2.26. The second-order valence-corrected chi connectivity index (χ2v) is 7.95. The van der Waals surface area contributed by atoms with E-state index < -0.39 is 0 Å². The van der Waals surface area contributed by atoms with E-state index in [1.54, 1.807) is 12.4 Å². The number of fused-ring (bicyclic) bond motifs is 1. The van der Waals surface area contributed by atoms with Crippen LogP contribution in [-0.2, 0) is 0 Å². The highest BCUT2D eigenvalue weighted by Gasteiger charge is 2.15. The Morgan fingerprint density at radius 1 is 1.19 bits per heavy atom. The molecule has 3 N–H and O–H groups in total. The van der Waals surface area contributed by atoms with Gasteiger partial charge in [0.05, 0.1) is 10.9 Å². The van der Waals surface area contributed by atoms with Gasteiger partial charge < -0.3 is 10.3 Å². The Morgan fingerprint density at radius 2 is 2.06 bits per heavy atom. The standard InChI is InChI=1S/C24H25N7/c1-15(17-7-11-25-12-8-17)5-6-20-16(2)21(31-30-20)24-28-22-19(9-13-27-23(22)29-24)18-4-3-10-26-14-18/h3-6,9-10,13-14,17,25,30H,2,7-8,11-12H2,1H3,(H,27,28,29)/b15-5+,20-6+. The Morgan fingerprint density at radius 3 is 2.87 bits per heavy atom. The normalized spacial score (nSPS) is 16.3. The summed E-state index contributed by atoms with van der Waals surface area (Å²) in [6.45, 7) is 8.63. The van der Waals surface area contributed by atoms with E-state index in [1.165, 1.54) is 18.4 Å². The number of H-pyrrole nitrogens is 2. The maximum atomic E-state index is 4.67. The summed E-state index contributed by atoms with van der Waals surface area (Å²) in [5, 5.41) is 12.7. The molecule has 1 aliphatic heterocycles. The van der Waals surface area contributed by atoms with Crippen molar-refractivity contribution in [3.8, 4) is 22.6 Å². The molecule has 31 heavy (non-hydrogen) atoms. The van der Waals surface area contributed by atoms with Gasteiger partial charge in [-0.15, -0.1) is 0 Å². The van der Waals surface area contributed by atoms with Crippen LogP contribution in [0.3, 0.4) is 0 Å². The van der Waals surface area contributed by atoms with Crippen molar-refractivity contribution in [1.82, 2.24) is 35.5 Å². The Balaban J connectivity index is 1.50. The predicted octanol–water partition coefficient (Wildman–Crippen LogP) is 2.55. The fourth-order valence-electron chi connectivity index (χ4n) is 4.13. The monoisotopic (exact) mass is 411 g/mol. The minimum Gasteiger partial charge on any atom is -0.335 e. The molecular weight excluding hydrogens is 386 g/mol. The molecule has 0 amide bonds. The molecule has 1 aliphatic rings. The Labute approximate surface area is 180 Å².